The minimum absolute atomic E-state index is 0.695. The third kappa shape index (κ3) is 1.40. The maximum absolute atomic E-state index is 10.8. The Bertz CT molecular complexity index is 756. The molecule has 3 rings (SSSR count). The number of aldehydes is 1. The molecule has 0 amide bonds. The number of nitrogens with zero attached hydrogens (tertiary/aromatic N) is 1. The topological polar surface area (TPSA) is 31.2 Å². The van der Waals surface area contributed by atoms with E-state index in [2.05, 4.69) is 4.57 Å². The highest BCUT2D eigenvalue weighted by molar-refractivity contribution is 6.09. The largest absolute Gasteiger partial charge is 0.497 e. The summed E-state index contributed by atoms with van der Waals surface area (Å²) >= 11 is 0. The first-order valence-corrected chi connectivity index (χ1v) is 5.76. The van der Waals surface area contributed by atoms with Gasteiger partial charge < -0.3 is 9.30 Å². The molecule has 0 aliphatic rings. The number of methoxy groups -OCH3 is 1. The average molecular weight is 239 g/mol. The van der Waals surface area contributed by atoms with Crippen molar-refractivity contribution >= 4 is 28.1 Å². The van der Waals surface area contributed by atoms with Gasteiger partial charge in [0.05, 0.1) is 7.11 Å². The van der Waals surface area contributed by atoms with Gasteiger partial charge in [0.15, 0.2) is 0 Å². The predicted octanol–water partition coefficient (Wildman–Crippen LogP) is 3.15. The smallest absolute Gasteiger partial charge is 0.150 e. The summed E-state index contributed by atoms with van der Waals surface area (Å²) in [5.74, 6) is 0.842. The van der Waals surface area contributed by atoms with Gasteiger partial charge in [-0.05, 0) is 24.3 Å². The zero-order valence-electron chi connectivity index (χ0n) is 10.3. The molecule has 3 nitrogen and oxygen atoms in total. The first-order valence-electron chi connectivity index (χ1n) is 5.76. The summed E-state index contributed by atoms with van der Waals surface area (Å²) in [6.45, 7) is 0. The minimum atomic E-state index is 0.695. The molecule has 90 valence electrons. The van der Waals surface area contributed by atoms with Crippen molar-refractivity contribution in [1.29, 1.82) is 0 Å². The van der Waals surface area contributed by atoms with Crippen LogP contribution < -0.4 is 4.74 Å². The number of hydrogen-bond donors (Lipinski definition) is 0. The van der Waals surface area contributed by atoms with E-state index in [0.717, 1.165) is 33.8 Å². The van der Waals surface area contributed by atoms with Gasteiger partial charge in [-0.3, -0.25) is 4.79 Å². The molecule has 2 aromatic carbocycles. The lowest BCUT2D eigenvalue weighted by molar-refractivity contribution is 0.112. The highest BCUT2D eigenvalue weighted by Gasteiger charge is 2.09. The molecular formula is C15H13NO2. The molecule has 0 spiro atoms. The van der Waals surface area contributed by atoms with Gasteiger partial charge in [-0.2, -0.15) is 0 Å². The molecule has 0 fully saturated rings. The Morgan fingerprint density at radius 1 is 1.06 bits per heavy atom. The molecule has 1 heterocycles. The lowest BCUT2D eigenvalue weighted by Gasteiger charge is -2.00. The highest BCUT2D eigenvalue weighted by atomic mass is 16.5. The van der Waals surface area contributed by atoms with Crippen LogP contribution in [0.25, 0.3) is 21.8 Å². The zero-order chi connectivity index (χ0) is 12.7. The molecule has 1 aromatic heterocycles. The highest BCUT2D eigenvalue weighted by Crippen LogP contribution is 2.31. The van der Waals surface area contributed by atoms with Crippen LogP contribution in [-0.2, 0) is 7.05 Å². The summed E-state index contributed by atoms with van der Waals surface area (Å²) in [4.78, 5) is 10.8. The fourth-order valence-corrected chi connectivity index (χ4v) is 2.41. The van der Waals surface area contributed by atoms with Crippen LogP contribution in [0, 0.1) is 0 Å². The first kappa shape index (κ1) is 10.8. The molecule has 0 aliphatic carbocycles. The molecule has 0 unspecified atom stereocenters. The summed E-state index contributed by atoms with van der Waals surface area (Å²) < 4.78 is 7.35. The third-order valence-corrected chi connectivity index (χ3v) is 3.37. The molecule has 0 N–H and O–H groups in total. The predicted molar refractivity (Wildman–Crippen MR) is 72.4 cm³/mol. The van der Waals surface area contributed by atoms with Gasteiger partial charge in [-0.15, -0.1) is 0 Å². The first-order chi connectivity index (χ1) is 8.74. The fourth-order valence-electron chi connectivity index (χ4n) is 2.41. The van der Waals surface area contributed by atoms with Crippen molar-refractivity contribution in [1.82, 2.24) is 4.57 Å². The van der Waals surface area contributed by atoms with Crippen LogP contribution in [0.1, 0.15) is 10.4 Å². The third-order valence-electron chi connectivity index (χ3n) is 3.37. The second-order valence-electron chi connectivity index (χ2n) is 4.34. The van der Waals surface area contributed by atoms with Crippen molar-refractivity contribution < 1.29 is 9.53 Å². The molecule has 3 aromatic rings. The van der Waals surface area contributed by atoms with Gasteiger partial charge in [-0.1, -0.05) is 12.1 Å². The van der Waals surface area contributed by atoms with E-state index in [9.17, 15) is 4.79 Å². The van der Waals surface area contributed by atoms with Crippen LogP contribution in [0.15, 0.2) is 36.4 Å². The maximum Gasteiger partial charge on any atom is 0.150 e. The molecule has 0 aliphatic heterocycles. The van der Waals surface area contributed by atoms with Crippen LogP contribution in [-0.4, -0.2) is 18.0 Å². The van der Waals surface area contributed by atoms with Crippen molar-refractivity contribution in [2.75, 3.05) is 7.11 Å². The monoisotopic (exact) mass is 239 g/mol. The standard InChI is InChI=1S/C15H13NO2/c1-16-14-6-4-11(18-2)8-13(14)12-5-3-10(9-17)7-15(12)16/h3-9H,1-2H3. The Kier molecular flexibility index (Phi) is 2.33. The van der Waals surface area contributed by atoms with Crippen LogP contribution in [0.5, 0.6) is 5.75 Å². The lowest BCUT2D eigenvalue weighted by atomic mass is 10.1. The summed E-state index contributed by atoms with van der Waals surface area (Å²) in [7, 11) is 3.67. The molecule has 0 saturated carbocycles. The number of ether oxygens (including phenoxy) is 1. The summed E-state index contributed by atoms with van der Waals surface area (Å²) in [5.41, 5.74) is 2.89. The number of benzene rings is 2. The van der Waals surface area contributed by atoms with Crippen molar-refractivity contribution in [3.8, 4) is 5.75 Å². The Morgan fingerprint density at radius 2 is 1.89 bits per heavy atom. The number of aryl methyl sites for hydroxylation is 1. The maximum atomic E-state index is 10.8. The van der Waals surface area contributed by atoms with E-state index >= 15 is 0 Å². The van der Waals surface area contributed by atoms with Crippen molar-refractivity contribution in [3.63, 3.8) is 0 Å². The number of hydrogen-bond acceptors (Lipinski definition) is 2. The van der Waals surface area contributed by atoms with Gasteiger partial charge in [0, 0.05) is 34.4 Å². The summed E-state index contributed by atoms with van der Waals surface area (Å²) in [5, 5.41) is 2.28. The quantitative estimate of drug-likeness (QED) is 0.643. The Labute approximate surface area is 105 Å². The summed E-state index contributed by atoms with van der Waals surface area (Å²) in [6.07, 6.45) is 0.873. The van der Waals surface area contributed by atoms with Gasteiger partial charge in [0.1, 0.15) is 12.0 Å². The van der Waals surface area contributed by atoms with Crippen LogP contribution in [0.3, 0.4) is 0 Å². The van der Waals surface area contributed by atoms with E-state index in [-0.39, 0.29) is 0 Å². The number of fused-ring (bicyclic) bond motifs is 3. The van der Waals surface area contributed by atoms with E-state index in [1.165, 1.54) is 0 Å². The molecule has 0 radical (unpaired) electrons. The van der Waals surface area contributed by atoms with E-state index in [1.54, 1.807) is 7.11 Å². The van der Waals surface area contributed by atoms with E-state index in [0.29, 0.717) is 5.56 Å². The second-order valence-corrected chi connectivity index (χ2v) is 4.34. The average Bonchev–Trinajstić information content (AvgIpc) is 2.71. The van der Waals surface area contributed by atoms with E-state index in [1.807, 2.05) is 43.4 Å². The van der Waals surface area contributed by atoms with Crippen molar-refractivity contribution in [3.05, 3.63) is 42.0 Å². The Morgan fingerprint density at radius 3 is 2.61 bits per heavy atom. The van der Waals surface area contributed by atoms with Crippen LogP contribution in [0.4, 0.5) is 0 Å². The molecular weight excluding hydrogens is 226 g/mol. The lowest BCUT2D eigenvalue weighted by Crippen LogP contribution is -1.88. The SMILES string of the molecule is COc1ccc2c(c1)c1ccc(C=O)cc1n2C. The normalized spacial score (nSPS) is 11.0. The molecule has 0 saturated heterocycles. The number of aromatic nitrogens is 1. The van der Waals surface area contributed by atoms with Crippen molar-refractivity contribution in [2.24, 2.45) is 7.05 Å². The van der Waals surface area contributed by atoms with Gasteiger partial charge >= 0.3 is 0 Å². The number of carbonyl (C=O) groups is 1. The van der Waals surface area contributed by atoms with Crippen LogP contribution in [0.2, 0.25) is 0 Å². The number of carbonyl (C=O) groups excluding carboxylic acids is 1. The van der Waals surface area contributed by atoms with E-state index in [4.69, 9.17) is 4.74 Å². The Hall–Kier alpha value is -2.29. The molecule has 3 heteroatoms. The molecule has 0 bridgehead atoms. The second kappa shape index (κ2) is 3.88. The van der Waals surface area contributed by atoms with Crippen LogP contribution >= 0.6 is 0 Å². The molecule has 0 atom stereocenters. The van der Waals surface area contributed by atoms with Gasteiger partial charge in [-0.25, -0.2) is 0 Å². The number of rotatable bonds is 2. The fraction of sp³-hybridized carbons (Fsp3) is 0.133. The van der Waals surface area contributed by atoms with Gasteiger partial charge in [0.2, 0.25) is 0 Å². The Balaban J connectivity index is 2.45. The minimum Gasteiger partial charge on any atom is -0.497 e. The molecule has 18 heavy (non-hydrogen) atoms. The summed E-state index contributed by atoms with van der Waals surface area (Å²) in [6, 6.07) is 11.7. The van der Waals surface area contributed by atoms with Crippen molar-refractivity contribution in [2.45, 2.75) is 0 Å². The van der Waals surface area contributed by atoms with E-state index < -0.39 is 0 Å². The van der Waals surface area contributed by atoms with Gasteiger partial charge in [0.25, 0.3) is 0 Å². The zero-order valence-corrected chi connectivity index (χ0v) is 10.3.